The Hall–Kier alpha value is -5.39. The molecule has 51 heavy (non-hydrogen) atoms. The summed E-state index contributed by atoms with van der Waals surface area (Å²) < 4.78 is 5.23. The van der Waals surface area contributed by atoms with E-state index in [9.17, 15) is 29.1 Å². The first kappa shape index (κ1) is 36.9. The maximum Gasteiger partial charge on any atom is 0.328 e. The number of urea groups is 2. The molecule has 0 bridgehead atoms. The number of carboxylic acid groups (broad SMARTS) is 1. The van der Waals surface area contributed by atoms with E-state index < -0.39 is 41.4 Å². The summed E-state index contributed by atoms with van der Waals surface area (Å²) in [5.41, 5.74) is 2.43. The molecule has 270 valence electrons. The largest absolute Gasteiger partial charge is 0.497 e. The third kappa shape index (κ3) is 8.50. The van der Waals surface area contributed by atoms with Crippen molar-refractivity contribution in [2.24, 2.45) is 5.92 Å². The number of para-hydroxylation sites is 1. The molecule has 5 rings (SSSR count). The van der Waals surface area contributed by atoms with Crippen molar-refractivity contribution in [1.82, 2.24) is 15.1 Å². The molecule has 1 saturated carbocycles. The predicted octanol–water partition coefficient (Wildman–Crippen LogP) is 6.86. The number of anilines is 2. The normalized spacial score (nSPS) is 16.6. The molecule has 0 aromatic heterocycles. The van der Waals surface area contributed by atoms with Crippen LogP contribution in [0.25, 0.3) is 0 Å². The standard InChI is InChI=1S/C39H47N5O7/c1-25(2)22-33(35(47)41-32(23-34(45)46)28-14-18-30(51-4)19-15-28)44-36(48)39(20-8-5-9-21-39)43(38(44)50)24-27-12-16-29(17-13-27)40-37(49)42-31-11-7-6-10-26(31)3/h6-7,10-19,25,32-33H,5,8-9,20-24H2,1-4H3,(H,41,47)(H,45,46)(H2,40,42,49)/t32-,33-/m0/s1. The predicted molar refractivity (Wildman–Crippen MR) is 193 cm³/mol. The lowest BCUT2D eigenvalue weighted by Gasteiger charge is -2.38. The number of aryl methyl sites for hydroxylation is 1. The van der Waals surface area contributed by atoms with Gasteiger partial charge in [0.25, 0.3) is 5.91 Å². The SMILES string of the molecule is COc1ccc([C@H](CC(=O)O)NC(=O)[C@H](CC(C)C)N2C(=O)N(Cc3ccc(NC(=O)Nc4ccccc4C)cc3)C3(CCCCC3)C2=O)cc1. The van der Waals surface area contributed by atoms with Crippen LogP contribution in [0.5, 0.6) is 5.75 Å². The van der Waals surface area contributed by atoms with Crippen LogP contribution in [0.1, 0.15) is 81.5 Å². The van der Waals surface area contributed by atoms with Crippen molar-refractivity contribution in [2.75, 3.05) is 17.7 Å². The zero-order valence-electron chi connectivity index (χ0n) is 29.6. The van der Waals surface area contributed by atoms with Crippen LogP contribution in [-0.2, 0) is 20.9 Å². The molecule has 0 unspecified atom stereocenters. The molecule has 4 N–H and O–H groups in total. The fraction of sp³-hybridized carbons (Fsp3) is 0.410. The molecule has 1 spiro atoms. The Morgan fingerprint density at radius 2 is 1.57 bits per heavy atom. The second kappa shape index (κ2) is 16.1. The topological polar surface area (TPSA) is 157 Å². The zero-order valence-corrected chi connectivity index (χ0v) is 29.6. The molecule has 1 aliphatic carbocycles. The Morgan fingerprint density at radius 1 is 0.902 bits per heavy atom. The Kier molecular flexibility index (Phi) is 11.6. The number of nitrogens with zero attached hydrogens (tertiary/aromatic N) is 2. The second-order valence-corrected chi connectivity index (χ2v) is 13.8. The molecule has 2 atom stereocenters. The highest BCUT2D eigenvalue weighted by molar-refractivity contribution is 6.10. The number of imide groups is 1. The quantitative estimate of drug-likeness (QED) is 0.142. The number of carboxylic acids is 1. The minimum absolute atomic E-state index is 0.0559. The van der Waals surface area contributed by atoms with E-state index in [2.05, 4.69) is 16.0 Å². The summed E-state index contributed by atoms with van der Waals surface area (Å²) in [6.07, 6.45) is 3.26. The number of rotatable bonds is 13. The maximum atomic E-state index is 14.5. The summed E-state index contributed by atoms with van der Waals surface area (Å²) >= 11 is 0. The highest BCUT2D eigenvalue weighted by Crippen LogP contribution is 2.43. The van der Waals surface area contributed by atoms with Crippen molar-refractivity contribution in [3.63, 3.8) is 0 Å². The number of amides is 6. The average molecular weight is 698 g/mol. The van der Waals surface area contributed by atoms with Gasteiger partial charge < -0.3 is 30.7 Å². The number of nitrogens with one attached hydrogen (secondary N) is 3. The van der Waals surface area contributed by atoms with Crippen LogP contribution in [0.15, 0.2) is 72.8 Å². The van der Waals surface area contributed by atoms with Gasteiger partial charge in [0, 0.05) is 17.9 Å². The van der Waals surface area contributed by atoms with E-state index in [4.69, 9.17) is 4.74 Å². The van der Waals surface area contributed by atoms with Crippen LogP contribution in [-0.4, -0.2) is 63.4 Å². The molecule has 12 nitrogen and oxygen atoms in total. The Bertz CT molecular complexity index is 1740. The highest BCUT2D eigenvalue weighted by atomic mass is 16.5. The van der Waals surface area contributed by atoms with Gasteiger partial charge in [-0.05, 0) is 79.1 Å². The smallest absolute Gasteiger partial charge is 0.328 e. The van der Waals surface area contributed by atoms with Gasteiger partial charge in [0.2, 0.25) is 5.91 Å². The monoisotopic (exact) mass is 697 g/mol. The molecule has 2 fully saturated rings. The summed E-state index contributed by atoms with van der Waals surface area (Å²) in [5, 5.41) is 18.2. The summed E-state index contributed by atoms with van der Waals surface area (Å²) in [6, 6.07) is 18.4. The number of ether oxygens (including phenoxy) is 1. The van der Waals surface area contributed by atoms with E-state index in [-0.39, 0.29) is 31.3 Å². The van der Waals surface area contributed by atoms with Gasteiger partial charge in [-0.2, -0.15) is 0 Å². The molecule has 3 aromatic rings. The van der Waals surface area contributed by atoms with E-state index in [1.807, 2.05) is 57.2 Å². The molecular formula is C39H47N5O7. The summed E-state index contributed by atoms with van der Waals surface area (Å²) in [4.78, 5) is 70.3. The molecular weight excluding hydrogens is 650 g/mol. The third-order valence-corrected chi connectivity index (χ3v) is 9.72. The van der Waals surface area contributed by atoms with Crippen LogP contribution in [0.4, 0.5) is 21.0 Å². The summed E-state index contributed by atoms with van der Waals surface area (Å²) in [5.74, 6) is -1.56. The van der Waals surface area contributed by atoms with Crippen molar-refractivity contribution in [3.05, 3.63) is 89.5 Å². The number of carbonyl (C=O) groups excluding carboxylic acids is 4. The van der Waals surface area contributed by atoms with Gasteiger partial charge in [-0.3, -0.25) is 14.4 Å². The molecule has 0 radical (unpaired) electrons. The minimum Gasteiger partial charge on any atom is -0.497 e. The van der Waals surface area contributed by atoms with Crippen molar-refractivity contribution in [1.29, 1.82) is 0 Å². The van der Waals surface area contributed by atoms with Gasteiger partial charge in [0.1, 0.15) is 17.3 Å². The fourth-order valence-electron chi connectivity index (χ4n) is 7.03. The average Bonchev–Trinajstić information content (AvgIpc) is 3.29. The lowest BCUT2D eigenvalue weighted by Crippen LogP contribution is -2.53. The number of hydrogen-bond donors (Lipinski definition) is 4. The van der Waals surface area contributed by atoms with Crippen molar-refractivity contribution in [3.8, 4) is 5.75 Å². The van der Waals surface area contributed by atoms with Crippen LogP contribution < -0.4 is 20.7 Å². The summed E-state index contributed by atoms with van der Waals surface area (Å²) in [7, 11) is 1.52. The summed E-state index contributed by atoms with van der Waals surface area (Å²) in [6.45, 7) is 5.87. The molecule has 6 amide bonds. The van der Waals surface area contributed by atoms with E-state index in [1.54, 1.807) is 41.3 Å². The van der Waals surface area contributed by atoms with E-state index in [0.717, 1.165) is 35.3 Å². The fourth-order valence-corrected chi connectivity index (χ4v) is 7.03. The maximum absolute atomic E-state index is 14.5. The van der Waals surface area contributed by atoms with Gasteiger partial charge in [-0.25, -0.2) is 14.5 Å². The van der Waals surface area contributed by atoms with Crippen LogP contribution in [0.3, 0.4) is 0 Å². The van der Waals surface area contributed by atoms with Gasteiger partial charge in [0.05, 0.1) is 19.6 Å². The Balaban J connectivity index is 1.37. The molecule has 12 heteroatoms. The number of aliphatic carboxylic acids is 1. The first-order valence-electron chi connectivity index (χ1n) is 17.5. The van der Waals surface area contributed by atoms with Crippen molar-refractivity contribution < 1.29 is 33.8 Å². The van der Waals surface area contributed by atoms with Gasteiger partial charge in [0.15, 0.2) is 0 Å². The van der Waals surface area contributed by atoms with E-state index in [0.29, 0.717) is 35.5 Å². The van der Waals surface area contributed by atoms with Crippen molar-refractivity contribution >= 4 is 41.2 Å². The molecule has 2 aliphatic rings. The zero-order chi connectivity index (χ0) is 36.7. The van der Waals surface area contributed by atoms with Crippen LogP contribution >= 0.6 is 0 Å². The molecule has 3 aromatic carbocycles. The number of carbonyl (C=O) groups is 5. The number of methoxy groups -OCH3 is 1. The lowest BCUT2D eigenvalue weighted by molar-refractivity contribution is -0.142. The van der Waals surface area contributed by atoms with E-state index >= 15 is 0 Å². The Labute approximate surface area is 298 Å². The highest BCUT2D eigenvalue weighted by Gasteiger charge is 2.59. The van der Waals surface area contributed by atoms with E-state index in [1.165, 1.54) is 7.11 Å². The molecule has 1 heterocycles. The molecule has 1 saturated heterocycles. The first-order valence-corrected chi connectivity index (χ1v) is 17.5. The number of hydrogen-bond acceptors (Lipinski definition) is 6. The Morgan fingerprint density at radius 3 is 2.18 bits per heavy atom. The molecule has 1 aliphatic heterocycles. The lowest BCUT2D eigenvalue weighted by atomic mass is 9.80. The van der Waals surface area contributed by atoms with Gasteiger partial charge in [-0.1, -0.05) is 75.6 Å². The van der Waals surface area contributed by atoms with Gasteiger partial charge >= 0.3 is 18.0 Å². The van der Waals surface area contributed by atoms with Crippen LogP contribution in [0.2, 0.25) is 0 Å². The number of benzene rings is 3. The van der Waals surface area contributed by atoms with Crippen LogP contribution in [0, 0.1) is 12.8 Å². The minimum atomic E-state index is -1.14. The van der Waals surface area contributed by atoms with Crippen molar-refractivity contribution in [2.45, 2.75) is 89.9 Å². The first-order chi connectivity index (χ1) is 24.4. The van der Waals surface area contributed by atoms with Gasteiger partial charge in [-0.15, -0.1) is 0 Å². The third-order valence-electron chi connectivity index (χ3n) is 9.72. The second-order valence-electron chi connectivity index (χ2n) is 13.8.